The van der Waals surface area contributed by atoms with Gasteiger partial charge in [-0.3, -0.25) is 13.9 Å². The summed E-state index contributed by atoms with van der Waals surface area (Å²) in [6, 6.07) is 7.59. The summed E-state index contributed by atoms with van der Waals surface area (Å²) in [7, 11) is 0. The third-order valence-corrected chi connectivity index (χ3v) is 4.95. The highest BCUT2D eigenvalue weighted by Crippen LogP contribution is 2.26. The number of rotatable bonds is 4. The summed E-state index contributed by atoms with van der Waals surface area (Å²) in [5, 5.41) is 0.668. The van der Waals surface area contributed by atoms with E-state index >= 15 is 0 Å². The Bertz CT molecular complexity index is 795. The van der Waals surface area contributed by atoms with E-state index in [-0.39, 0.29) is 17.3 Å². The summed E-state index contributed by atoms with van der Waals surface area (Å²) in [5.41, 5.74) is 0.537. The monoisotopic (exact) mass is 314 g/mol. The molecule has 0 N–H and O–H groups in total. The minimum Gasteiger partial charge on any atom is -0.293 e. The van der Waals surface area contributed by atoms with Gasteiger partial charge in [-0.2, -0.15) is 0 Å². The topological polar surface area (TPSA) is 44.0 Å². The molecular formula is C19H26N2O2. The molecule has 0 radical (unpaired) electrons. The Hall–Kier alpha value is -1.84. The first-order valence-electron chi connectivity index (χ1n) is 8.83. The summed E-state index contributed by atoms with van der Waals surface area (Å²) in [4.78, 5) is 25.9. The number of nitrogens with zero attached hydrogens (tertiary/aromatic N) is 2. The van der Waals surface area contributed by atoms with Gasteiger partial charge in [-0.15, -0.1) is 0 Å². The molecule has 0 spiro atoms. The van der Waals surface area contributed by atoms with E-state index < -0.39 is 0 Å². The first kappa shape index (κ1) is 16.0. The van der Waals surface area contributed by atoms with Crippen LogP contribution in [0.15, 0.2) is 33.9 Å². The molecule has 0 bridgehead atoms. The van der Waals surface area contributed by atoms with Gasteiger partial charge in [-0.05, 0) is 37.3 Å². The molecule has 124 valence electrons. The van der Waals surface area contributed by atoms with Crippen molar-refractivity contribution in [2.75, 3.05) is 0 Å². The summed E-state index contributed by atoms with van der Waals surface area (Å²) in [6.45, 7) is 4.98. The van der Waals surface area contributed by atoms with Gasteiger partial charge < -0.3 is 0 Å². The summed E-state index contributed by atoms with van der Waals surface area (Å²) in [5.74, 6) is 0.524. The predicted molar refractivity (Wildman–Crippen MR) is 94.0 cm³/mol. The zero-order valence-electron chi connectivity index (χ0n) is 14.1. The van der Waals surface area contributed by atoms with Gasteiger partial charge in [-0.25, -0.2) is 4.79 Å². The molecule has 0 atom stereocenters. The number of hydrogen-bond donors (Lipinski definition) is 0. The van der Waals surface area contributed by atoms with Crippen LogP contribution < -0.4 is 11.2 Å². The minimum absolute atomic E-state index is 0.0682. The zero-order chi connectivity index (χ0) is 16.4. The first-order valence-corrected chi connectivity index (χ1v) is 8.83. The number of hydrogen-bond acceptors (Lipinski definition) is 2. The zero-order valence-corrected chi connectivity index (χ0v) is 14.1. The van der Waals surface area contributed by atoms with E-state index in [1.165, 1.54) is 6.42 Å². The van der Waals surface area contributed by atoms with E-state index in [2.05, 4.69) is 13.8 Å². The number of fused-ring (bicyclic) bond motifs is 1. The molecule has 3 rings (SSSR count). The summed E-state index contributed by atoms with van der Waals surface area (Å²) < 4.78 is 3.35. The smallest absolute Gasteiger partial charge is 0.293 e. The quantitative estimate of drug-likeness (QED) is 0.863. The molecule has 23 heavy (non-hydrogen) atoms. The van der Waals surface area contributed by atoms with E-state index in [1.54, 1.807) is 4.57 Å². The Balaban J connectivity index is 2.19. The molecule has 1 heterocycles. The molecule has 1 saturated carbocycles. The van der Waals surface area contributed by atoms with Gasteiger partial charge in [-0.1, -0.05) is 45.2 Å². The Morgan fingerprint density at radius 2 is 1.78 bits per heavy atom. The maximum absolute atomic E-state index is 13.0. The van der Waals surface area contributed by atoms with Crippen LogP contribution in [0.25, 0.3) is 10.9 Å². The average Bonchev–Trinajstić information content (AvgIpc) is 2.55. The van der Waals surface area contributed by atoms with Crippen LogP contribution in [-0.4, -0.2) is 9.13 Å². The second-order valence-electron chi connectivity index (χ2n) is 7.10. The molecule has 1 fully saturated rings. The van der Waals surface area contributed by atoms with Crippen LogP contribution in [0.4, 0.5) is 0 Å². The Morgan fingerprint density at radius 1 is 1.09 bits per heavy atom. The number of para-hydroxylation sites is 1. The molecule has 0 saturated heterocycles. The van der Waals surface area contributed by atoms with Crippen LogP contribution in [0, 0.1) is 5.92 Å². The molecule has 1 aliphatic rings. The normalized spacial score (nSPS) is 16.3. The fourth-order valence-electron chi connectivity index (χ4n) is 3.60. The van der Waals surface area contributed by atoms with Crippen molar-refractivity contribution >= 4 is 10.9 Å². The Kier molecular flexibility index (Phi) is 4.69. The van der Waals surface area contributed by atoms with E-state index in [9.17, 15) is 9.59 Å². The van der Waals surface area contributed by atoms with Crippen LogP contribution in [0.3, 0.4) is 0 Å². The van der Waals surface area contributed by atoms with Gasteiger partial charge in [0, 0.05) is 12.6 Å². The highest BCUT2D eigenvalue weighted by Gasteiger charge is 2.22. The lowest BCUT2D eigenvalue weighted by Crippen LogP contribution is -2.43. The van der Waals surface area contributed by atoms with Gasteiger partial charge in [0.15, 0.2) is 0 Å². The standard InChI is InChI=1S/C19H26N2O2/c1-14(2)12-13-20-17-11-7-6-10-16(17)18(22)21(19(20)23)15-8-4-3-5-9-15/h6-7,10-11,14-15H,3-5,8-9,12-13H2,1-2H3. The maximum Gasteiger partial charge on any atom is 0.331 e. The minimum atomic E-state index is -0.124. The molecule has 0 aliphatic heterocycles. The van der Waals surface area contributed by atoms with Crippen LogP contribution in [0.2, 0.25) is 0 Å². The highest BCUT2D eigenvalue weighted by molar-refractivity contribution is 5.77. The molecule has 2 aromatic rings. The first-order chi connectivity index (χ1) is 11.1. The molecule has 1 aliphatic carbocycles. The maximum atomic E-state index is 13.0. The van der Waals surface area contributed by atoms with Gasteiger partial charge in [0.05, 0.1) is 10.9 Å². The lowest BCUT2D eigenvalue weighted by atomic mass is 9.95. The number of benzene rings is 1. The average molecular weight is 314 g/mol. The van der Waals surface area contributed by atoms with Crippen molar-refractivity contribution in [3.63, 3.8) is 0 Å². The second-order valence-corrected chi connectivity index (χ2v) is 7.10. The van der Waals surface area contributed by atoms with Crippen LogP contribution in [0.1, 0.15) is 58.4 Å². The van der Waals surface area contributed by atoms with Gasteiger partial charge in [0.25, 0.3) is 5.56 Å². The van der Waals surface area contributed by atoms with Crippen molar-refractivity contribution in [1.82, 2.24) is 9.13 Å². The molecule has 4 heteroatoms. The second kappa shape index (κ2) is 6.73. The number of aryl methyl sites for hydroxylation is 1. The SMILES string of the molecule is CC(C)CCn1c(=O)n(C2CCCCC2)c(=O)c2ccccc21. The summed E-state index contributed by atoms with van der Waals surface area (Å²) in [6.07, 6.45) is 6.24. The molecular weight excluding hydrogens is 288 g/mol. The van der Waals surface area contributed by atoms with Crippen molar-refractivity contribution in [2.24, 2.45) is 5.92 Å². The Labute approximate surface area is 136 Å². The summed E-state index contributed by atoms with van der Waals surface area (Å²) >= 11 is 0. The third-order valence-electron chi connectivity index (χ3n) is 4.95. The van der Waals surface area contributed by atoms with Gasteiger partial charge >= 0.3 is 5.69 Å². The molecule has 0 amide bonds. The van der Waals surface area contributed by atoms with Crippen molar-refractivity contribution in [3.8, 4) is 0 Å². The highest BCUT2D eigenvalue weighted by atomic mass is 16.2. The third kappa shape index (κ3) is 3.12. The largest absolute Gasteiger partial charge is 0.331 e. The predicted octanol–water partition coefficient (Wildman–Crippen LogP) is 3.71. The van der Waals surface area contributed by atoms with Crippen LogP contribution in [0.5, 0.6) is 0 Å². The lowest BCUT2D eigenvalue weighted by Gasteiger charge is -2.25. The van der Waals surface area contributed by atoms with E-state index in [0.29, 0.717) is 17.8 Å². The van der Waals surface area contributed by atoms with E-state index in [0.717, 1.165) is 37.6 Å². The van der Waals surface area contributed by atoms with Crippen molar-refractivity contribution in [1.29, 1.82) is 0 Å². The fourth-order valence-corrected chi connectivity index (χ4v) is 3.60. The van der Waals surface area contributed by atoms with Crippen molar-refractivity contribution in [2.45, 2.75) is 65.0 Å². The number of aromatic nitrogens is 2. The Morgan fingerprint density at radius 3 is 2.48 bits per heavy atom. The molecule has 4 nitrogen and oxygen atoms in total. The van der Waals surface area contributed by atoms with Gasteiger partial charge in [0.2, 0.25) is 0 Å². The van der Waals surface area contributed by atoms with Gasteiger partial charge in [0.1, 0.15) is 0 Å². The molecule has 0 unspecified atom stereocenters. The van der Waals surface area contributed by atoms with Crippen molar-refractivity contribution in [3.05, 3.63) is 45.1 Å². The van der Waals surface area contributed by atoms with Crippen molar-refractivity contribution < 1.29 is 0 Å². The fraction of sp³-hybridized carbons (Fsp3) is 0.579. The van der Waals surface area contributed by atoms with Crippen LogP contribution in [-0.2, 0) is 6.54 Å². The molecule has 1 aromatic heterocycles. The van der Waals surface area contributed by atoms with E-state index in [1.807, 2.05) is 28.8 Å². The lowest BCUT2D eigenvalue weighted by molar-refractivity contribution is 0.330. The van der Waals surface area contributed by atoms with Crippen LogP contribution >= 0.6 is 0 Å². The van der Waals surface area contributed by atoms with E-state index in [4.69, 9.17) is 0 Å². The molecule has 1 aromatic carbocycles.